The third-order valence-corrected chi connectivity index (χ3v) is 1.10. The molecule has 0 N–H and O–H groups in total. The van der Waals surface area contributed by atoms with E-state index in [9.17, 15) is 26.8 Å². The Balaban J connectivity index is 3.73. The molecule has 0 bridgehead atoms. The van der Waals surface area contributed by atoms with Gasteiger partial charge in [-0.1, -0.05) is 4.48 Å². The Bertz CT molecular complexity index is 352. The van der Waals surface area contributed by atoms with E-state index in [0.29, 0.717) is 0 Å². The monoisotopic (exact) mass is 185 g/mol. The second-order valence-electron chi connectivity index (χ2n) is 1.82. The van der Waals surface area contributed by atoms with Crippen molar-refractivity contribution in [1.29, 1.82) is 0 Å². The Morgan fingerprint density at radius 2 is 1.42 bits per heavy atom. The molecule has 7 heteroatoms. The molecule has 1 aromatic heterocycles. The average Bonchev–Trinajstić information content (AvgIpc) is 2.08. The summed E-state index contributed by atoms with van der Waals surface area (Å²) >= 11 is 0. The van der Waals surface area contributed by atoms with Crippen LogP contribution in [-0.2, 0) is 0 Å². The van der Waals surface area contributed by atoms with Gasteiger partial charge in [0.25, 0.3) is 5.95 Å². The van der Waals surface area contributed by atoms with E-state index in [1.807, 2.05) is 0 Å². The molecule has 0 fully saturated rings. The van der Waals surface area contributed by atoms with Crippen LogP contribution in [0.2, 0.25) is 0 Å². The van der Waals surface area contributed by atoms with Crippen LogP contribution in [0.25, 0.3) is 0 Å². The Hall–Kier alpha value is -1.40. The number of halogens is 5. The number of pyridine rings is 1. The predicted octanol–water partition coefficient (Wildman–Crippen LogP) is 1.14. The van der Waals surface area contributed by atoms with Crippen LogP contribution in [-0.4, -0.2) is 4.79 Å². The molecule has 0 aliphatic carbocycles. The van der Waals surface area contributed by atoms with Gasteiger partial charge in [-0.05, 0) is 0 Å². The maximum Gasteiger partial charge on any atom is 0.320 e. The molecule has 66 valence electrons. The second kappa shape index (κ2) is 2.58. The van der Waals surface area contributed by atoms with E-state index < -0.39 is 33.7 Å². The van der Waals surface area contributed by atoms with Crippen molar-refractivity contribution in [3.05, 3.63) is 33.8 Å². The topological polar surface area (TPSA) is 22.0 Å². The van der Waals surface area contributed by atoms with E-state index in [4.69, 9.17) is 0 Å². The van der Waals surface area contributed by atoms with Crippen LogP contribution in [0.1, 0.15) is 0 Å². The first kappa shape index (κ1) is 8.69. The Labute approximate surface area is 61.8 Å². The molecule has 1 heterocycles. The van der Waals surface area contributed by atoms with Gasteiger partial charge in [-0.2, -0.15) is 13.2 Å². The van der Waals surface area contributed by atoms with E-state index in [0.717, 1.165) is 0 Å². The molecule has 2 nitrogen and oxygen atoms in total. The summed E-state index contributed by atoms with van der Waals surface area (Å²) in [5.41, 5.74) is -2.20. The minimum absolute atomic E-state index is 1.45. The molecule has 1 rings (SSSR count). The predicted molar refractivity (Wildman–Crippen MR) is 27.0 cm³/mol. The van der Waals surface area contributed by atoms with Gasteiger partial charge in [0.05, 0.1) is 0 Å². The van der Waals surface area contributed by atoms with Crippen molar-refractivity contribution in [2.24, 2.45) is 0 Å². The molecule has 0 aliphatic heterocycles. The van der Waals surface area contributed by atoms with Crippen molar-refractivity contribution in [3.63, 3.8) is 0 Å². The fraction of sp³-hybridized carbons (Fsp3) is 0. The van der Waals surface area contributed by atoms with Crippen LogP contribution >= 0.6 is 0 Å². The van der Waals surface area contributed by atoms with E-state index >= 15 is 0 Å². The first-order valence-corrected chi connectivity index (χ1v) is 2.58. The van der Waals surface area contributed by atoms with E-state index in [1.165, 1.54) is 0 Å². The summed E-state index contributed by atoms with van der Waals surface area (Å²) in [6.07, 6.45) is 0. The first-order valence-electron chi connectivity index (χ1n) is 2.58. The quantitative estimate of drug-likeness (QED) is 0.438. The lowest BCUT2D eigenvalue weighted by molar-refractivity contribution is 0.238. The summed E-state index contributed by atoms with van der Waals surface area (Å²) in [5, 5.41) is 0. The fourth-order valence-electron chi connectivity index (χ4n) is 0.542. The van der Waals surface area contributed by atoms with Crippen LogP contribution in [0.15, 0.2) is 4.79 Å². The third-order valence-electron chi connectivity index (χ3n) is 1.10. The van der Waals surface area contributed by atoms with Crippen molar-refractivity contribution in [3.8, 4) is 0 Å². The van der Waals surface area contributed by atoms with E-state index in [-0.39, 0.29) is 0 Å². The van der Waals surface area contributed by atoms with E-state index in [1.54, 1.807) is 0 Å². The maximum atomic E-state index is 12.1. The molecule has 0 radical (unpaired) electrons. The smallest absolute Gasteiger partial charge is 0.263 e. The SMILES string of the molecule is O=c1c(F)c(F)c(F)c(F)n1F. The van der Waals surface area contributed by atoms with Gasteiger partial charge >= 0.3 is 5.56 Å². The molecule has 0 unspecified atom stereocenters. The fourth-order valence-corrected chi connectivity index (χ4v) is 0.542. The standard InChI is InChI=1S/C5F5NO/c6-1-2(7)4(9)11(10)5(12)3(1)8. The number of hydrogen-bond acceptors (Lipinski definition) is 1. The zero-order valence-electron chi connectivity index (χ0n) is 5.25. The maximum absolute atomic E-state index is 12.1. The molecule has 12 heavy (non-hydrogen) atoms. The van der Waals surface area contributed by atoms with Gasteiger partial charge in [-0.25, -0.2) is 4.39 Å². The summed E-state index contributed by atoms with van der Waals surface area (Å²) in [6.45, 7) is 0. The second-order valence-corrected chi connectivity index (χ2v) is 1.82. The molecule has 0 saturated carbocycles. The minimum Gasteiger partial charge on any atom is -0.263 e. The number of rotatable bonds is 0. The molecule has 0 atom stereocenters. The van der Waals surface area contributed by atoms with Crippen molar-refractivity contribution >= 4 is 0 Å². The largest absolute Gasteiger partial charge is 0.320 e. The third kappa shape index (κ3) is 0.973. The van der Waals surface area contributed by atoms with Gasteiger partial charge < -0.3 is 0 Å². The molecule has 0 spiro atoms. The molecular weight excluding hydrogens is 185 g/mol. The van der Waals surface area contributed by atoms with Crippen molar-refractivity contribution < 1.29 is 22.0 Å². The van der Waals surface area contributed by atoms with Gasteiger partial charge in [0.15, 0.2) is 0 Å². The molecule has 1 aromatic rings. The normalized spacial score (nSPS) is 10.4. The van der Waals surface area contributed by atoms with Gasteiger partial charge in [0, 0.05) is 0 Å². The summed E-state index contributed by atoms with van der Waals surface area (Å²) < 4.78 is 60.2. The molecular formula is C5F5NO. The highest BCUT2D eigenvalue weighted by atomic mass is 19.2. The van der Waals surface area contributed by atoms with Crippen LogP contribution in [0.4, 0.5) is 22.0 Å². The van der Waals surface area contributed by atoms with E-state index in [2.05, 4.69) is 0 Å². The molecule has 0 amide bonds. The summed E-state index contributed by atoms with van der Waals surface area (Å²) in [5.74, 6) is -9.38. The summed E-state index contributed by atoms with van der Waals surface area (Å²) in [7, 11) is 0. The Morgan fingerprint density at radius 3 is 1.92 bits per heavy atom. The van der Waals surface area contributed by atoms with Crippen molar-refractivity contribution in [1.82, 2.24) is 4.79 Å². The Kier molecular flexibility index (Phi) is 1.87. The van der Waals surface area contributed by atoms with Gasteiger partial charge in [0.1, 0.15) is 0 Å². The van der Waals surface area contributed by atoms with Gasteiger partial charge in [-0.15, -0.1) is 4.79 Å². The van der Waals surface area contributed by atoms with Crippen LogP contribution < -0.4 is 5.56 Å². The molecule has 0 aromatic carbocycles. The first-order chi connectivity index (χ1) is 5.46. The highest BCUT2D eigenvalue weighted by molar-refractivity contribution is 5.03. The summed E-state index contributed by atoms with van der Waals surface area (Å²) in [6, 6.07) is 0. The zero-order valence-corrected chi connectivity index (χ0v) is 5.25. The highest BCUT2D eigenvalue weighted by Crippen LogP contribution is 2.10. The molecule has 0 aliphatic rings. The minimum atomic E-state index is -2.39. The molecule has 0 saturated heterocycles. The number of hydrogen-bond donors (Lipinski definition) is 0. The highest BCUT2D eigenvalue weighted by Gasteiger charge is 2.22. The Morgan fingerprint density at radius 1 is 0.917 bits per heavy atom. The lowest BCUT2D eigenvalue weighted by atomic mass is 10.4. The average molecular weight is 185 g/mol. The van der Waals surface area contributed by atoms with Crippen molar-refractivity contribution in [2.75, 3.05) is 0 Å². The van der Waals surface area contributed by atoms with Gasteiger partial charge in [0.2, 0.25) is 17.5 Å². The van der Waals surface area contributed by atoms with Crippen LogP contribution in [0.3, 0.4) is 0 Å². The zero-order chi connectivity index (χ0) is 9.46. The van der Waals surface area contributed by atoms with Crippen LogP contribution in [0.5, 0.6) is 0 Å². The number of aromatic nitrogens is 1. The van der Waals surface area contributed by atoms with Gasteiger partial charge in [-0.3, -0.25) is 4.79 Å². The van der Waals surface area contributed by atoms with Crippen LogP contribution in [0, 0.1) is 23.4 Å². The lowest BCUT2D eigenvalue weighted by Crippen LogP contribution is -2.24. The lowest BCUT2D eigenvalue weighted by Gasteiger charge is -1.97. The summed E-state index contributed by atoms with van der Waals surface area (Å²) in [4.78, 5) is 8.68. The number of nitrogens with zero attached hydrogens (tertiary/aromatic N) is 1. The van der Waals surface area contributed by atoms with Crippen molar-refractivity contribution in [2.45, 2.75) is 0 Å².